The number of rotatable bonds is 4. The van der Waals surface area contributed by atoms with Crippen LogP contribution in [0.2, 0.25) is 0 Å². The lowest BCUT2D eigenvalue weighted by Crippen LogP contribution is -2.38. The summed E-state index contributed by atoms with van der Waals surface area (Å²) in [6, 6.07) is 0. The number of carbonyl (C=O) groups excluding carboxylic acids is 1. The Morgan fingerprint density at radius 3 is 2.69 bits per heavy atom. The highest BCUT2D eigenvalue weighted by Crippen LogP contribution is 2.11. The van der Waals surface area contributed by atoms with E-state index in [2.05, 4.69) is 18.7 Å². The fourth-order valence-corrected chi connectivity index (χ4v) is 1.64. The molecule has 0 saturated carbocycles. The van der Waals surface area contributed by atoms with Crippen molar-refractivity contribution >= 4 is 5.78 Å². The maximum atomic E-state index is 11.5. The van der Waals surface area contributed by atoms with Crippen molar-refractivity contribution in [2.45, 2.75) is 20.3 Å². The molecule has 1 aliphatic heterocycles. The molecule has 0 aromatic carbocycles. The zero-order valence-electron chi connectivity index (χ0n) is 8.58. The van der Waals surface area contributed by atoms with E-state index in [1.165, 1.54) is 0 Å². The molecule has 1 aliphatic rings. The quantitative estimate of drug-likeness (QED) is 0.652. The second-order valence-corrected chi connectivity index (χ2v) is 3.47. The summed E-state index contributed by atoms with van der Waals surface area (Å²) in [5.74, 6) is 0.492. The van der Waals surface area contributed by atoms with E-state index in [1.807, 2.05) is 0 Å². The van der Waals surface area contributed by atoms with Crippen molar-refractivity contribution in [3.8, 4) is 0 Å². The van der Waals surface area contributed by atoms with Gasteiger partial charge in [-0.3, -0.25) is 4.79 Å². The van der Waals surface area contributed by atoms with Gasteiger partial charge >= 0.3 is 0 Å². The summed E-state index contributed by atoms with van der Waals surface area (Å²) in [5, 5.41) is 0. The lowest BCUT2D eigenvalue weighted by Gasteiger charge is -2.26. The zero-order valence-corrected chi connectivity index (χ0v) is 8.58. The molecule has 0 bridgehead atoms. The van der Waals surface area contributed by atoms with Crippen LogP contribution < -0.4 is 0 Å². The Bertz CT molecular complexity index is 166. The number of ketones is 1. The topological polar surface area (TPSA) is 29.5 Å². The monoisotopic (exact) mass is 185 g/mol. The molecule has 0 spiro atoms. The number of ether oxygens (including phenoxy) is 1. The molecule has 3 heteroatoms. The van der Waals surface area contributed by atoms with Crippen LogP contribution in [0.25, 0.3) is 0 Å². The van der Waals surface area contributed by atoms with Crippen molar-refractivity contribution in [3.63, 3.8) is 0 Å². The van der Waals surface area contributed by atoms with Gasteiger partial charge in [0.25, 0.3) is 0 Å². The van der Waals surface area contributed by atoms with Gasteiger partial charge in [-0.25, -0.2) is 0 Å². The summed E-state index contributed by atoms with van der Waals surface area (Å²) in [5.41, 5.74) is 0. The zero-order chi connectivity index (χ0) is 9.68. The van der Waals surface area contributed by atoms with Crippen LogP contribution >= 0.6 is 0 Å². The molecule has 13 heavy (non-hydrogen) atoms. The minimum atomic E-state index is 0.119. The molecule has 0 amide bonds. The van der Waals surface area contributed by atoms with Crippen LogP contribution in [0, 0.1) is 5.92 Å². The van der Waals surface area contributed by atoms with E-state index in [9.17, 15) is 4.79 Å². The fourth-order valence-electron chi connectivity index (χ4n) is 1.64. The van der Waals surface area contributed by atoms with Gasteiger partial charge in [0.05, 0.1) is 19.1 Å². The van der Waals surface area contributed by atoms with Gasteiger partial charge in [0, 0.05) is 13.0 Å². The van der Waals surface area contributed by atoms with E-state index in [0.29, 0.717) is 25.4 Å². The average molecular weight is 185 g/mol. The van der Waals surface area contributed by atoms with Crippen molar-refractivity contribution in [2.75, 3.05) is 32.8 Å². The molecule has 1 unspecified atom stereocenters. The molecule has 1 saturated heterocycles. The minimum absolute atomic E-state index is 0.119. The van der Waals surface area contributed by atoms with Crippen LogP contribution in [0.15, 0.2) is 0 Å². The van der Waals surface area contributed by atoms with Crippen LogP contribution in [0.3, 0.4) is 0 Å². The summed E-state index contributed by atoms with van der Waals surface area (Å²) in [6.45, 7) is 8.38. The van der Waals surface area contributed by atoms with Crippen molar-refractivity contribution in [3.05, 3.63) is 0 Å². The molecule has 0 aromatic heterocycles. The Kier molecular flexibility index (Phi) is 4.39. The van der Waals surface area contributed by atoms with Gasteiger partial charge in [-0.2, -0.15) is 0 Å². The highest BCUT2D eigenvalue weighted by Gasteiger charge is 2.23. The summed E-state index contributed by atoms with van der Waals surface area (Å²) in [4.78, 5) is 13.7. The second-order valence-electron chi connectivity index (χ2n) is 3.47. The number of Topliss-reactive ketones (excluding diaryl/α,β-unsaturated/α-hetero) is 1. The van der Waals surface area contributed by atoms with E-state index in [4.69, 9.17) is 4.74 Å². The molecular weight excluding hydrogens is 166 g/mol. The lowest BCUT2D eigenvalue weighted by molar-refractivity contribution is -0.131. The number of hydrogen-bond acceptors (Lipinski definition) is 3. The van der Waals surface area contributed by atoms with Crippen LogP contribution in [-0.2, 0) is 9.53 Å². The number of hydrogen-bond donors (Lipinski definition) is 0. The Hall–Kier alpha value is -0.410. The standard InChI is InChI=1S/C10H19NO2/c1-3-11(4-2)7-9-8-13-6-5-10(9)12/h9H,3-8H2,1-2H3. The predicted octanol–water partition coefficient (Wildman–Crippen LogP) is 0.934. The Morgan fingerprint density at radius 2 is 2.15 bits per heavy atom. The van der Waals surface area contributed by atoms with Crippen LogP contribution in [0.4, 0.5) is 0 Å². The van der Waals surface area contributed by atoms with E-state index in [-0.39, 0.29) is 5.92 Å². The largest absolute Gasteiger partial charge is 0.380 e. The molecule has 0 radical (unpaired) electrons. The molecule has 1 heterocycles. The molecule has 0 aliphatic carbocycles. The van der Waals surface area contributed by atoms with E-state index < -0.39 is 0 Å². The molecule has 0 aromatic rings. The van der Waals surface area contributed by atoms with Gasteiger partial charge in [0.2, 0.25) is 0 Å². The first-order valence-corrected chi connectivity index (χ1v) is 5.10. The second kappa shape index (κ2) is 5.35. The molecule has 0 N–H and O–H groups in total. The van der Waals surface area contributed by atoms with Crippen molar-refractivity contribution in [2.24, 2.45) is 5.92 Å². The first-order chi connectivity index (χ1) is 6.27. The molecule has 1 rings (SSSR count). The smallest absolute Gasteiger partial charge is 0.141 e. The Labute approximate surface area is 80.1 Å². The van der Waals surface area contributed by atoms with Crippen LogP contribution in [0.5, 0.6) is 0 Å². The third-order valence-corrected chi connectivity index (χ3v) is 2.64. The van der Waals surface area contributed by atoms with Gasteiger partial charge < -0.3 is 9.64 Å². The van der Waals surface area contributed by atoms with Crippen LogP contribution in [0.1, 0.15) is 20.3 Å². The fraction of sp³-hybridized carbons (Fsp3) is 0.900. The summed E-state index contributed by atoms with van der Waals surface area (Å²) < 4.78 is 5.29. The summed E-state index contributed by atoms with van der Waals surface area (Å²) >= 11 is 0. The summed E-state index contributed by atoms with van der Waals surface area (Å²) in [6.07, 6.45) is 0.603. The number of nitrogens with zero attached hydrogens (tertiary/aromatic N) is 1. The van der Waals surface area contributed by atoms with E-state index in [1.54, 1.807) is 0 Å². The maximum absolute atomic E-state index is 11.5. The third-order valence-electron chi connectivity index (χ3n) is 2.64. The average Bonchev–Trinajstić information content (AvgIpc) is 2.17. The van der Waals surface area contributed by atoms with Gasteiger partial charge in [-0.15, -0.1) is 0 Å². The van der Waals surface area contributed by atoms with Crippen molar-refractivity contribution < 1.29 is 9.53 Å². The lowest BCUT2D eigenvalue weighted by atomic mass is 10.00. The van der Waals surface area contributed by atoms with Crippen molar-refractivity contribution in [1.29, 1.82) is 0 Å². The van der Waals surface area contributed by atoms with Crippen LogP contribution in [-0.4, -0.2) is 43.5 Å². The number of carbonyl (C=O) groups is 1. The first kappa shape index (κ1) is 10.7. The highest BCUT2D eigenvalue weighted by molar-refractivity contribution is 5.82. The van der Waals surface area contributed by atoms with E-state index >= 15 is 0 Å². The van der Waals surface area contributed by atoms with Gasteiger partial charge in [0.1, 0.15) is 5.78 Å². The molecule has 1 atom stereocenters. The van der Waals surface area contributed by atoms with Gasteiger partial charge in [-0.05, 0) is 13.1 Å². The first-order valence-electron chi connectivity index (χ1n) is 5.10. The van der Waals surface area contributed by atoms with Crippen molar-refractivity contribution in [1.82, 2.24) is 4.90 Å². The Morgan fingerprint density at radius 1 is 1.46 bits per heavy atom. The maximum Gasteiger partial charge on any atom is 0.141 e. The normalized spacial score (nSPS) is 23.9. The molecule has 76 valence electrons. The van der Waals surface area contributed by atoms with E-state index in [0.717, 1.165) is 19.6 Å². The minimum Gasteiger partial charge on any atom is -0.380 e. The summed E-state index contributed by atoms with van der Waals surface area (Å²) in [7, 11) is 0. The molecular formula is C10H19NO2. The predicted molar refractivity (Wildman–Crippen MR) is 51.7 cm³/mol. The molecule has 3 nitrogen and oxygen atoms in total. The van der Waals surface area contributed by atoms with Gasteiger partial charge in [0.15, 0.2) is 0 Å². The Balaban J connectivity index is 2.36. The SMILES string of the molecule is CCN(CC)CC1COCCC1=O. The molecule has 1 fully saturated rings. The third kappa shape index (κ3) is 3.08. The van der Waals surface area contributed by atoms with Gasteiger partial charge in [-0.1, -0.05) is 13.8 Å². The highest BCUT2D eigenvalue weighted by atomic mass is 16.5.